The molecule has 3 saturated heterocycles. The first-order chi connectivity index (χ1) is 11.3. The van der Waals surface area contributed by atoms with Gasteiger partial charge in [0.2, 0.25) is 0 Å². The monoisotopic (exact) mass is 373 g/mol. The smallest absolute Gasteiger partial charge is 0.281 e. The van der Waals surface area contributed by atoms with E-state index in [0.29, 0.717) is 30.9 Å². The molecule has 10 heteroatoms. The highest BCUT2D eigenvalue weighted by Crippen LogP contribution is 2.31. The van der Waals surface area contributed by atoms with Crippen molar-refractivity contribution in [2.45, 2.75) is 32.2 Å². The minimum atomic E-state index is -3.46. The van der Waals surface area contributed by atoms with Gasteiger partial charge >= 0.3 is 0 Å². The standard InChI is InChI=1S/C14H23N5O3S2/c1-4-12-13(23-16-15-12)14(20)19-8-10-5-6-11(19)9-18(7-10)24(21,22)17(2)3/h10-11H,4-9H2,1-3H3/t10-,11+/m1/s1. The maximum Gasteiger partial charge on any atom is 0.281 e. The molecule has 0 radical (unpaired) electrons. The quantitative estimate of drug-likeness (QED) is 0.764. The molecule has 8 nitrogen and oxygen atoms in total. The SMILES string of the molecule is CCc1nnsc1C(=O)N1C[C@@H]2CC[C@H]1CN(S(=O)(=O)N(C)C)C2. The summed E-state index contributed by atoms with van der Waals surface area (Å²) in [6.07, 6.45) is 2.46. The largest absolute Gasteiger partial charge is 0.333 e. The molecule has 24 heavy (non-hydrogen) atoms. The predicted molar refractivity (Wildman–Crippen MR) is 91.0 cm³/mol. The Morgan fingerprint density at radius 2 is 2.04 bits per heavy atom. The lowest BCUT2D eigenvalue weighted by atomic mass is 9.95. The van der Waals surface area contributed by atoms with Gasteiger partial charge in [-0.1, -0.05) is 11.4 Å². The van der Waals surface area contributed by atoms with Crippen LogP contribution < -0.4 is 0 Å². The second-order valence-electron chi connectivity index (χ2n) is 6.56. The van der Waals surface area contributed by atoms with Gasteiger partial charge < -0.3 is 4.90 Å². The second-order valence-corrected chi connectivity index (χ2v) is 9.46. The zero-order valence-corrected chi connectivity index (χ0v) is 15.8. The van der Waals surface area contributed by atoms with Gasteiger partial charge in [0.1, 0.15) is 4.88 Å². The van der Waals surface area contributed by atoms with Crippen molar-refractivity contribution in [3.05, 3.63) is 10.6 Å². The Morgan fingerprint density at radius 1 is 1.29 bits per heavy atom. The third-order valence-electron chi connectivity index (χ3n) is 4.81. The number of aromatic nitrogens is 2. The van der Waals surface area contributed by atoms with E-state index in [1.165, 1.54) is 8.61 Å². The van der Waals surface area contributed by atoms with E-state index in [1.54, 1.807) is 14.1 Å². The van der Waals surface area contributed by atoms with Gasteiger partial charge in [-0.25, -0.2) is 0 Å². The van der Waals surface area contributed by atoms with Gasteiger partial charge in [0, 0.05) is 39.8 Å². The van der Waals surface area contributed by atoms with Crippen molar-refractivity contribution in [2.75, 3.05) is 33.7 Å². The number of carbonyl (C=O) groups is 1. The lowest BCUT2D eigenvalue weighted by molar-refractivity contribution is 0.0592. The Balaban J connectivity index is 1.85. The number of hydrogen-bond donors (Lipinski definition) is 0. The van der Waals surface area contributed by atoms with Crippen molar-refractivity contribution >= 4 is 27.6 Å². The van der Waals surface area contributed by atoms with Crippen LogP contribution in [0.25, 0.3) is 0 Å². The zero-order valence-electron chi connectivity index (χ0n) is 14.2. The average Bonchev–Trinajstić information content (AvgIpc) is 2.83. The van der Waals surface area contributed by atoms with E-state index in [2.05, 4.69) is 9.59 Å². The lowest BCUT2D eigenvalue weighted by Gasteiger charge is -2.35. The minimum absolute atomic E-state index is 0.0550. The maximum atomic E-state index is 13.0. The van der Waals surface area contributed by atoms with Crippen LogP contribution in [0.5, 0.6) is 0 Å². The molecule has 2 atom stereocenters. The van der Waals surface area contributed by atoms with Crippen molar-refractivity contribution < 1.29 is 13.2 Å². The highest BCUT2D eigenvalue weighted by Gasteiger charge is 2.42. The summed E-state index contributed by atoms with van der Waals surface area (Å²) in [5.74, 6) is 0.119. The first kappa shape index (κ1) is 17.7. The van der Waals surface area contributed by atoms with Crippen LogP contribution in [0.1, 0.15) is 35.1 Å². The summed E-state index contributed by atoms with van der Waals surface area (Å²) in [7, 11) is -0.372. The summed E-state index contributed by atoms with van der Waals surface area (Å²) in [6, 6.07) is -0.0854. The van der Waals surface area contributed by atoms with Gasteiger partial charge in [-0.2, -0.15) is 17.0 Å². The van der Waals surface area contributed by atoms with E-state index in [9.17, 15) is 13.2 Å². The Labute approximate surface area is 146 Å². The Bertz CT molecular complexity index is 718. The lowest BCUT2D eigenvalue weighted by Crippen LogP contribution is -2.48. The summed E-state index contributed by atoms with van der Waals surface area (Å²) in [5.41, 5.74) is 0.725. The molecule has 4 heterocycles. The molecular weight excluding hydrogens is 350 g/mol. The van der Waals surface area contributed by atoms with Crippen molar-refractivity contribution in [1.29, 1.82) is 0 Å². The van der Waals surface area contributed by atoms with Gasteiger partial charge in [0.25, 0.3) is 16.1 Å². The molecule has 0 spiro atoms. The van der Waals surface area contributed by atoms with Crippen LogP contribution in [-0.4, -0.2) is 77.2 Å². The topological polar surface area (TPSA) is 86.7 Å². The van der Waals surface area contributed by atoms with E-state index in [0.717, 1.165) is 30.1 Å². The number of aryl methyl sites for hydroxylation is 1. The van der Waals surface area contributed by atoms with E-state index in [1.807, 2.05) is 11.8 Å². The normalized spacial score (nSPS) is 25.2. The summed E-state index contributed by atoms with van der Waals surface area (Å²) in [6.45, 7) is 3.39. The molecule has 1 aromatic heterocycles. The summed E-state index contributed by atoms with van der Waals surface area (Å²) < 4.78 is 31.7. The molecule has 3 fully saturated rings. The summed E-state index contributed by atoms with van der Waals surface area (Å²) in [5, 5.41) is 4.02. The first-order valence-corrected chi connectivity index (χ1v) is 10.3. The fourth-order valence-electron chi connectivity index (χ4n) is 3.44. The van der Waals surface area contributed by atoms with Crippen LogP contribution in [0.4, 0.5) is 0 Å². The van der Waals surface area contributed by atoms with Gasteiger partial charge in [-0.15, -0.1) is 5.10 Å². The Morgan fingerprint density at radius 3 is 2.71 bits per heavy atom. The van der Waals surface area contributed by atoms with E-state index in [4.69, 9.17) is 0 Å². The van der Waals surface area contributed by atoms with Crippen LogP contribution in [0.2, 0.25) is 0 Å². The molecule has 0 aromatic carbocycles. The summed E-state index contributed by atoms with van der Waals surface area (Å²) >= 11 is 1.13. The summed E-state index contributed by atoms with van der Waals surface area (Å²) in [4.78, 5) is 15.4. The third kappa shape index (κ3) is 3.07. The van der Waals surface area contributed by atoms with Crippen LogP contribution in [0, 0.1) is 5.92 Å². The number of carbonyl (C=O) groups excluding carboxylic acids is 1. The number of piperidine rings is 1. The fraction of sp³-hybridized carbons (Fsp3) is 0.786. The molecule has 3 aliphatic rings. The number of fused-ring (bicyclic) bond motifs is 4. The van der Waals surface area contributed by atoms with Crippen molar-refractivity contribution in [3.63, 3.8) is 0 Å². The molecule has 134 valence electrons. The molecule has 1 amide bonds. The van der Waals surface area contributed by atoms with Crippen LogP contribution in [0.3, 0.4) is 0 Å². The minimum Gasteiger partial charge on any atom is -0.333 e. The molecule has 0 N–H and O–H groups in total. The molecular formula is C14H23N5O3S2. The molecule has 4 rings (SSSR count). The number of amides is 1. The van der Waals surface area contributed by atoms with E-state index >= 15 is 0 Å². The van der Waals surface area contributed by atoms with Crippen molar-refractivity contribution in [3.8, 4) is 0 Å². The molecule has 0 unspecified atom stereocenters. The van der Waals surface area contributed by atoms with Crippen molar-refractivity contribution in [2.24, 2.45) is 5.92 Å². The van der Waals surface area contributed by atoms with Crippen molar-refractivity contribution in [1.82, 2.24) is 23.1 Å². The van der Waals surface area contributed by atoms with Crippen LogP contribution in [-0.2, 0) is 16.6 Å². The molecule has 3 aliphatic heterocycles. The second kappa shape index (κ2) is 6.66. The maximum absolute atomic E-state index is 13.0. The average molecular weight is 374 g/mol. The first-order valence-electron chi connectivity index (χ1n) is 8.14. The molecule has 1 aromatic rings. The Kier molecular flexibility index (Phi) is 4.92. The molecule has 0 saturated carbocycles. The highest BCUT2D eigenvalue weighted by molar-refractivity contribution is 7.86. The van der Waals surface area contributed by atoms with Crippen LogP contribution >= 0.6 is 11.5 Å². The number of hydrogen-bond acceptors (Lipinski definition) is 6. The third-order valence-corrected chi connectivity index (χ3v) is 7.44. The van der Waals surface area contributed by atoms with Gasteiger partial charge in [-0.3, -0.25) is 4.79 Å². The number of nitrogens with zero attached hydrogens (tertiary/aromatic N) is 5. The predicted octanol–water partition coefficient (Wildman–Crippen LogP) is 0.443. The zero-order chi connectivity index (χ0) is 17.5. The van der Waals surface area contributed by atoms with E-state index < -0.39 is 10.2 Å². The fourth-order valence-corrected chi connectivity index (χ4v) is 5.37. The van der Waals surface area contributed by atoms with Crippen LogP contribution in [0.15, 0.2) is 0 Å². The van der Waals surface area contributed by atoms with Gasteiger partial charge in [-0.05, 0) is 36.7 Å². The Hall–Kier alpha value is -1.10. The number of rotatable bonds is 4. The molecule has 0 aliphatic carbocycles. The molecule has 2 bridgehead atoms. The van der Waals surface area contributed by atoms with Gasteiger partial charge in [0.15, 0.2) is 0 Å². The van der Waals surface area contributed by atoms with Gasteiger partial charge in [0.05, 0.1) is 5.69 Å². The van der Waals surface area contributed by atoms with E-state index in [-0.39, 0.29) is 17.9 Å². The highest BCUT2D eigenvalue weighted by atomic mass is 32.2.